The molecule has 0 saturated heterocycles. The summed E-state index contributed by atoms with van der Waals surface area (Å²) in [4.78, 5) is 48.1. The minimum Gasteiger partial charge on any atom is -0.480 e. The van der Waals surface area contributed by atoms with Gasteiger partial charge in [0.2, 0.25) is 17.7 Å². The molecule has 0 bridgehead atoms. The van der Waals surface area contributed by atoms with Crippen molar-refractivity contribution in [1.82, 2.24) is 16.0 Å². The Morgan fingerprint density at radius 2 is 1.26 bits per heavy atom. The van der Waals surface area contributed by atoms with Gasteiger partial charge in [0.15, 0.2) is 0 Å². The molecule has 1 aromatic carbocycles. The summed E-state index contributed by atoms with van der Waals surface area (Å²) >= 11 is 0. The van der Waals surface area contributed by atoms with Crippen LogP contribution in [0.4, 0.5) is 0 Å². The fourth-order valence-electron chi connectivity index (χ4n) is 4.28. The molecule has 4 N–H and O–H groups in total. The Labute approximate surface area is 228 Å². The summed E-state index contributed by atoms with van der Waals surface area (Å²) < 4.78 is 0. The largest absolute Gasteiger partial charge is 0.480 e. The molecule has 1 rings (SSSR count). The molecule has 38 heavy (non-hydrogen) atoms. The Balaban J connectivity index is 2.10. The lowest BCUT2D eigenvalue weighted by Crippen LogP contribution is -2.52. The van der Waals surface area contributed by atoms with Gasteiger partial charge >= 0.3 is 5.97 Å². The topological polar surface area (TPSA) is 125 Å². The van der Waals surface area contributed by atoms with Crippen molar-refractivity contribution < 1.29 is 24.3 Å². The number of carboxylic acids is 1. The third kappa shape index (κ3) is 16.8. The molecule has 0 aliphatic heterocycles. The van der Waals surface area contributed by atoms with Crippen LogP contribution in [0.25, 0.3) is 0 Å². The zero-order chi connectivity index (χ0) is 28.0. The van der Waals surface area contributed by atoms with E-state index in [-0.39, 0.29) is 18.9 Å². The molecular formula is C30H49N3O5. The molecule has 2 atom stereocenters. The van der Waals surface area contributed by atoms with E-state index in [2.05, 4.69) is 22.9 Å². The van der Waals surface area contributed by atoms with Gasteiger partial charge < -0.3 is 21.1 Å². The second-order valence-electron chi connectivity index (χ2n) is 10.1. The van der Waals surface area contributed by atoms with E-state index in [4.69, 9.17) is 0 Å². The van der Waals surface area contributed by atoms with E-state index in [0.717, 1.165) is 24.8 Å². The Morgan fingerprint density at radius 1 is 0.737 bits per heavy atom. The number of hydrogen-bond acceptors (Lipinski definition) is 4. The summed E-state index contributed by atoms with van der Waals surface area (Å²) in [6.45, 7) is 3.50. The molecule has 0 aromatic heterocycles. The van der Waals surface area contributed by atoms with Crippen molar-refractivity contribution in [2.45, 2.75) is 122 Å². The van der Waals surface area contributed by atoms with Gasteiger partial charge in [-0.3, -0.25) is 14.4 Å². The highest BCUT2D eigenvalue weighted by Gasteiger charge is 2.24. The maximum Gasteiger partial charge on any atom is 0.326 e. The molecule has 0 aliphatic rings. The highest BCUT2D eigenvalue weighted by Crippen LogP contribution is 2.13. The number of carbonyl (C=O) groups is 4. The second-order valence-corrected chi connectivity index (χ2v) is 10.1. The van der Waals surface area contributed by atoms with Crippen LogP contribution < -0.4 is 16.0 Å². The maximum atomic E-state index is 12.4. The molecule has 0 unspecified atom stereocenters. The van der Waals surface area contributed by atoms with Gasteiger partial charge in [0.25, 0.3) is 0 Å². The van der Waals surface area contributed by atoms with Crippen molar-refractivity contribution in [3.63, 3.8) is 0 Å². The molecule has 0 spiro atoms. The van der Waals surface area contributed by atoms with E-state index in [1.54, 1.807) is 24.3 Å². The first-order valence-corrected chi connectivity index (χ1v) is 14.5. The molecule has 0 radical (unpaired) electrons. The van der Waals surface area contributed by atoms with Crippen molar-refractivity contribution in [1.29, 1.82) is 0 Å². The lowest BCUT2D eigenvalue weighted by atomic mass is 10.0. The molecular weight excluding hydrogens is 482 g/mol. The third-order valence-electron chi connectivity index (χ3n) is 6.62. The molecule has 0 saturated carbocycles. The fourth-order valence-corrected chi connectivity index (χ4v) is 4.28. The maximum absolute atomic E-state index is 12.4. The number of hydrogen-bond donors (Lipinski definition) is 4. The molecule has 0 heterocycles. The highest BCUT2D eigenvalue weighted by molar-refractivity contribution is 5.91. The zero-order valence-corrected chi connectivity index (χ0v) is 23.4. The van der Waals surface area contributed by atoms with Crippen molar-refractivity contribution in [2.24, 2.45) is 0 Å². The highest BCUT2D eigenvalue weighted by atomic mass is 16.4. The van der Waals surface area contributed by atoms with Crippen LogP contribution in [-0.2, 0) is 25.6 Å². The normalized spacial score (nSPS) is 12.4. The Morgan fingerprint density at radius 3 is 1.79 bits per heavy atom. The van der Waals surface area contributed by atoms with Crippen molar-refractivity contribution in [2.75, 3.05) is 6.54 Å². The smallest absolute Gasteiger partial charge is 0.326 e. The van der Waals surface area contributed by atoms with E-state index in [1.807, 2.05) is 6.07 Å². The Hall–Kier alpha value is -2.90. The third-order valence-corrected chi connectivity index (χ3v) is 6.62. The number of carboxylic acid groups (broad SMARTS) is 1. The van der Waals surface area contributed by atoms with Crippen LogP contribution in [0.1, 0.15) is 109 Å². The van der Waals surface area contributed by atoms with Crippen molar-refractivity contribution >= 4 is 23.7 Å². The van der Waals surface area contributed by atoms with Crippen LogP contribution in [0.2, 0.25) is 0 Å². The van der Waals surface area contributed by atoms with Gasteiger partial charge in [-0.1, -0.05) is 114 Å². The Kier molecular flexibility index (Phi) is 18.4. The monoisotopic (exact) mass is 531 g/mol. The first kappa shape index (κ1) is 33.1. The van der Waals surface area contributed by atoms with Crippen LogP contribution in [-0.4, -0.2) is 47.4 Å². The number of benzene rings is 1. The van der Waals surface area contributed by atoms with E-state index in [9.17, 15) is 24.3 Å². The number of unbranched alkanes of at least 4 members (excludes halogenated alkanes) is 12. The van der Waals surface area contributed by atoms with Crippen LogP contribution in [0.5, 0.6) is 0 Å². The lowest BCUT2D eigenvalue weighted by Gasteiger charge is -2.19. The number of aliphatic carboxylic acids is 1. The SMILES string of the molecule is CCCCCCCCCCCCCCCC(=O)NCC(=O)N[C@@H](C)C(=O)N[C@@H](Cc1ccccc1)C(=O)O. The van der Waals surface area contributed by atoms with Crippen LogP contribution in [0.3, 0.4) is 0 Å². The van der Waals surface area contributed by atoms with E-state index >= 15 is 0 Å². The molecule has 3 amide bonds. The van der Waals surface area contributed by atoms with Gasteiger partial charge in [-0.05, 0) is 18.9 Å². The van der Waals surface area contributed by atoms with Gasteiger partial charge in [-0.15, -0.1) is 0 Å². The van der Waals surface area contributed by atoms with E-state index < -0.39 is 29.9 Å². The minimum atomic E-state index is -1.15. The molecule has 8 nitrogen and oxygen atoms in total. The van der Waals surface area contributed by atoms with Gasteiger partial charge in [-0.25, -0.2) is 4.79 Å². The van der Waals surface area contributed by atoms with E-state index in [0.29, 0.717) is 6.42 Å². The Bertz CT molecular complexity index is 815. The predicted octanol–water partition coefficient (Wildman–Crippen LogP) is 4.90. The molecule has 0 aliphatic carbocycles. The quantitative estimate of drug-likeness (QED) is 0.158. The van der Waals surface area contributed by atoms with Crippen molar-refractivity contribution in [3.05, 3.63) is 35.9 Å². The zero-order valence-electron chi connectivity index (χ0n) is 23.4. The molecule has 1 aromatic rings. The van der Waals surface area contributed by atoms with Crippen LogP contribution >= 0.6 is 0 Å². The predicted molar refractivity (Wildman–Crippen MR) is 151 cm³/mol. The number of carbonyl (C=O) groups excluding carboxylic acids is 3. The first-order valence-electron chi connectivity index (χ1n) is 14.5. The van der Waals surface area contributed by atoms with E-state index in [1.165, 1.54) is 71.1 Å². The summed E-state index contributed by atoms with van der Waals surface area (Å²) in [5.41, 5.74) is 0.781. The van der Waals surface area contributed by atoms with Crippen LogP contribution in [0, 0.1) is 0 Å². The summed E-state index contributed by atoms with van der Waals surface area (Å²) in [5.74, 6) is -2.43. The average Bonchev–Trinajstić information content (AvgIpc) is 2.90. The number of nitrogens with one attached hydrogen (secondary N) is 3. The summed E-state index contributed by atoms with van der Waals surface area (Å²) in [5, 5.41) is 17.0. The molecule has 0 fully saturated rings. The lowest BCUT2D eigenvalue weighted by molar-refractivity contribution is -0.142. The summed E-state index contributed by atoms with van der Waals surface area (Å²) in [6, 6.07) is 6.95. The second kappa shape index (κ2) is 21.1. The molecule has 8 heteroatoms. The molecule has 214 valence electrons. The minimum absolute atomic E-state index is 0.137. The van der Waals surface area contributed by atoms with Gasteiger partial charge in [0, 0.05) is 12.8 Å². The van der Waals surface area contributed by atoms with Gasteiger partial charge in [0.1, 0.15) is 12.1 Å². The summed E-state index contributed by atoms with van der Waals surface area (Å²) in [6.07, 6.45) is 16.6. The van der Waals surface area contributed by atoms with Crippen molar-refractivity contribution in [3.8, 4) is 0 Å². The number of amides is 3. The summed E-state index contributed by atoms with van der Waals surface area (Å²) in [7, 11) is 0. The fraction of sp³-hybridized carbons (Fsp3) is 0.667. The van der Waals surface area contributed by atoms with Gasteiger partial charge in [-0.2, -0.15) is 0 Å². The van der Waals surface area contributed by atoms with Gasteiger partial charge in [0.05, 0.1) is 6.54 Å². The average molecular weight is 532 g/mol. The standard InChI is InChI=1S/C30H49N3O5/c1-3-4-5-6-7-8-9-10-11-12-13-14-18-21-27(34)31-23-28(35)32-24(2)29(36)33-26(30(37)38)22-25-19-16-15-17-20-25/h15-17,19-20,24,26H,3-14,18,21-23H2,1-2H3,(H,31,34)(H,32,35)(H,33,36)(H,37,38)/t24-,26-/m0/s1. The van der Waals surface area contributed by atoms with Crippen LogP contribution in [0.15, 0.2) is 30.3 Å². The first-order chi connectivity index (χ1) is 18.3. The number of rotatable bonds is 22.